The van der Waals surface area contributed by atoms with Gasteiger partial charge in [-0.3, -0.25) is 10.1 Å². The topological polar surface area (TPSA) is 90.9 Å². The predicted octanol–water partition coefficient (Wildman–Crippen LogP) is 0.763. The van der Waals surface area contributed by atoms with Crippen molar-refractivity contribution in [2.24, 2.45) is 0 Å². The number of rotatable bonds is 2. The van der Waals surface area contributed by atoms with Gasteiger partial charge in [-0.25, -0.2) is 5.10 Å². The number of aromatic amines is 1. The van der Waals surface area contributed by atoms with Gasteiger partial charge in [0.15, 0.2) is 0 Å². The Morgan fingerprint density at radius 3 is 2.67 bits per heavy atom. The second-order valence-corrected chi connectivity index (χ2v) is 2.84. The van der Waals surface area contributed by atoms with E-state index in [1.54, 1.807) is 0 Å². The third-order valence-electron chi connectivity index (χ3n) is 1.78. The quantitative estimate of drug-likeness (QED) is 0.673. The van der Waals surface area contributed by atoms with Crippen LogP contribution in [0, 0.1) is 0 Å². The van der Waals surface area contributed by atoms with Crippen molar-refractivity contribution >= 4 is 11.9 Å². The molecule has 0 aliphatic carbocycles. The Hall–Kier alpha value is -2.37. The van der Waals surface area contributed by atoms with Gasteiger partial charge < -0.3 is 5.11 Å². The molecule has 1 aromatic heterocycles. The first-order chi connectivity index (χ1) is 7.25. The molecule has 0 atom stereocenters. The van der Waals surface area contributed by atoms with E-state index < -0.39 is 0 Å². The Morgan fingerprint density at radius 2 is 2.07 bits per heavy atom. The lowest BCUT2D eigenvalue weighted by molar-refractivity contribution is 0.102. The van der Waals surface area contributed by atoms with Crippen molar-refractivity contribution in [1.82, 2.24) is 15.2 Å². The Kier molecular flexibility index (Phi) is 2.32. The van der Waals surface area contributed by atoms with Gasteiger partial charge in [-0.1, -0.05) is 0 Å². The van der Waals surface area contributed by atoms with Gasteiger partial charge >= 0.3 is 0 Å². The van der Waals surface area contributed by atoms with E-state index in [1.807, 2.05) is 0 Å². The maximum atomic E-state index is 11.5. The van der Waals surface area contributed by atoms with Crippen LogP contribution in [0.2, 0.25) is 0 Å². The molecule has 0 spiro atoms. The van der Waals surface area contributed by atoms with E-state index in [9.17, 15) is 4.79 Å². The SMILES string of the molecule is O=C(Nc1ncn[nH]1)c1ccc(O)cc1. The van der Waals surface area contributed by atoms with E-state index in [4.69, 9.17) is 5.11 Å². The maximum absolute atomic E-state index is 11.5. The number of aromatic hydroxyl groups is 1. The monoisotopic (exact) mass is 204 g/mol. The van der Waals surface area contributed by atoms with Crippen molar-refractivity contribution in [2.75, 3.05) is 5.32 Å². The largest absolute Gasteiger partial charge is 0.508 e. The fourth-order valence-corrected chi connectivity index (χ4v) is 1.06. The number of nitrogens with zero attached hydrogens (tertiary/aromatic N) is 2. The summed E-state index contributed by atoms with van der Waals surface area (Å²) in [5, 5.41) is 17.6. The molecule has 76 valence electrons. The number of phenols is 1. The minimum absolute atomic E-state index is 0.117. The summed E-state index contributed by atoms with van der Waals surface area (Å²) in [7, 11) is 0. The number of carbonyl (C=O) groups excluding carboxylic acids is 1. The predicted molar refractivity (Wildman–Crippen MR) is 52.4 cm³/mol. The lowest BCUT2D eigenvalue weighted by Gasteiger charge is -2.00. The number of nitrogens with one attached hydrogen (secondary N) is 2. The summed E-state index contributed by atoms with van der Waals surface area (Å²) in [6.07, 6.45) is 1.30. The van der Waals surface area contributed by atoms with Crippen LogP contribution in [-0.4, -0.2) is 26.2 Å². The molecule has 1 amide bonds. The highest BCUT2D eigenvalue weighted by molar-refractivity contribution is 6.03. The van der Waals surface area contributed by atoms with E-state index in [2.05, 4.69) is 20.5 Å². The number of benzene rings is 1. The van der Waals surface area contributed by atoms with Crippen LogP contribution < -0.4 is 5.32 Å². The molecule has 6 heteroatoms. The summed E-state index contributed by atoms with van der Waals surface area (Å²) in [5.41, 5.74) is 0.434. The second-order valence-electron chi connectivity index (χ2n) is 2.84. The normalized spacial score (nSPS) is 9.87. The first-order valence-electron chi connectivity index (χ1n) is 4.21. The molecule has 0 bridgehead atoms. The first-order valence-corrected chi connectivity index (χ1v) is 4.21. The summed E-state index contributed by atoms with van der Waals surface area (Å²) in [5.74, 6) is 0.0889. The number of carbonyl (C=O) groups is 1. The summed E-state index contributed by atoms with van der Waals surface area (Å²) in [6.45, 7) is 0. The smallest absolute Gasteiger partial charge is 0.258 e. The van der Waals surface area contributed by atoms with Crippen LogP contribution in [0.15, 0.2) is 30.6 Å². The Balaban J connectivity index is 2.11. The molecule has 1 aromatic carbocycles. The lowest BCUT2D eigenvalue weighted by Crippen LogP contribution is -2.12. The van der Waals surface area contributed by atoms with Crippen LogP contribution in [0.4, 0.5) is 5.95 Å². The number of amides is 1. The van der Waals surface area contributed by atoms with Gasteiger partial charge in [0.2, 0.25) is 5.95 Å². The molecule has 0 fully saturated rings. The molecule has 6 nitrogen and oxygen atoms in total. The van der Waals surface area contributed by atoms with Crippen LogP contribution in [0.1, 0.15) is 10.4 Å². The van der Waals surface area contributed by atoms with Crippen LogP contribution in [-0.2, 0) is 0 Å². The van der Waals surface area contributed by atoms with Crippen LogP contribution in [0.3, 0.4) is 0 Å². The molecule has 3 N–H and O–H groups in total. The summed E-state index contributed by atoms with van der Waals surface area (Å²) in [6, 6.07) is 5.91. The number of hydrogen-bond donors (Lipinski definition) is 3. The Bertz CT molecular complexity index is 449. The second kappa shape index (κ2) is 3.79. The zero-order valence-corrected chi connectivity index (χ0v) is 7.64. The molecular formula is C9H8N4O2. The first kappa shape index (κ1) is 9.20. The minimum atomic E-state index is -0.313. The molecule has 0 radical (unpaired) electrons. The van der Waals surface area contributed by atoms with E-state index >= 15 is 0 Å². The highest BCUT2D eigenvalue weighted by Crippen LogP contribution is 2.10. The lowest BCUT2D eigenvalue weighted by atomic mass is 10.2. The molecule has 2 aromatic rings. The van der Waals surface area contributed by atoms with Crippen molar-refractivity contribution < 1.29 is 9.90 Å². The van der Waals surface area contributed by atoms with Gasteiger partial charge in [-0.2, -0.15) is 10.1 Å². The minimum Gasteiger partial charge on any atom is -0.508 e. The number of anilines is 1. The molecule has 0 saturated heterocycles. The molecule has 0 aliphatic heterocycles. The number of phenolic OH excluding ortho intramolecular Hbond substituents is 1. The van der Waals surface area contributed by atoms with Crippen molar-refractivity contribution in [3.8, 4) is 5.75 Å². The average Bonchev–Trinajstić information content (AvgIpc) is 2.71. The van der Waals surface area contributed by atoms with E-state index in [0.29, 0.717) is 5.56 Å². The van der Waals surface area contributed by atoms with Crippen molar-refractivity contribution in [1.29, 1.82) is 0 Å². The highest BCUT2D eigenvalue weighted by Gasteiger charge is 2.06. The fraction of sp³-hybridized carbons (Fsp3) is 0. The summed E-state index contributed by atoms with van der Waals surface area (Å²) < 4.78 is 0. The maximum Gasteiger partial charge on any atom is 0.258 e. The van der Waals surface area contributed by atoms with Gasteiger partial charge in [0.05, 0.1) is 0 Å². The molecular weight excluding hydrogens is 196 g/mol. The molecule has 0 unspecified atom stereocenters. The molecule has 0 saturated carbocycles. The number of hydrogen-bond acceptors (Lipinski definition) is 4. The Morgan fingerprint density at radius 1 is 1.33 bits per heavy atom. The summed E-state index contributed by atoms with van der Waals surface area (Å²) >= 11 is 0. The standard InChI is InChI=1S/C9H8N4O2/c14-7-3-1-6(2-4-7)8(15)12-9-10-5-11-13-9/h1-5,14H,(H2,10,11,12,13,15). The fourth-order valence-electron chi connectivity index (χ4n) is 1.06. The highest BCUT2D eigenvalue weighted by atomic mass is 16.3. The number of aromatic nitrogens is 3. The van der Waals surface area contributed by atoms with Crippen molar-refractivity contribution in [3.05, 3.63) is 36.2 Å². The van der Waals surface area contributed by atoms with E-state index in [0.717, 1.165) is 0 Å². The van der Waals surface area contributed by atoms with E-state index in [-0.39, 0.29) is 17.6 Å². The zero-order chi connectivity index (χ0) is 10.7. The van der Waals surface area contributed by atoms with Gasteiger partial charge in [-0.15, -0.1) is 0 Å². The van der Waals surface area contributed by atoms with E-state index in [1.165, 1.54) is 30.6 Å². The van der Waals surface area contributed by atoms with Crippen LogP contribution in [0.5, 0.6) is 5.75 Å². The molecule has 0 aliphatic rings. The third kappa shape index (κ3) is 2.11. The average molecular weight is 204 g/mol. The van der Waals surface area contributed by atoms with Crippen LogP contribution in [0.25, 0.3) is 0 Å². The van der Waals surface area contributed by atoms with Crippen LogP contribution >= 0.6 is 0 Å². The van der Waals surface area contributed by atoms with Crippen molar-refractivity contribution in [2.45, 2.75) is 0 Å². The van der Waals surface area contributed by atoms with Gasteiger partial charge in [-0.05, 0) is 24.3 Å². The third-order valence-corrected chi connectivity index (χ3v) is 1.78. The number of H-pyrrole nitrogens is 1. The summed E-state index contributed by atoms with van der Waals surface area (Å²) in [4.78, 5) is 15.3. The van der Waals surface area contributed by atoms with Crippen molar-refractivity contribution in [3.63, 3.8) is 0 Å². The van der Waals surface area contributed by atoms with Gasteiger partial charge in [0, 0.05) is 5.56 Å². The zero-order valence-electron chi connectivity index (χ0n) is 7.64. The molecule has 1 heterocycles. The molecule has 15 heavy (non-hydrogen) atoms. The van der Waals surface area contributed by atoms with Gasteiger partial charge in [0.25, 0.3) is 5.91 Å². The molecule has 2 rings (SSSR count). The Labute approximate surface area is 85.0 Å². The van der Waals surface area contributed by atoms with Gasteiger partial charge in [0.1, 0.15) is 12.1 Å².